The number of hydrogen-bond acceptors (Lipinski definition) is 2. The number of benzene rings is 4. The Morgan fingerprint density at radius 2 is 1.48 bits per heavy atom. The van der Waals surface area contributed by atoms with Gasteiger partial charge in [-0.1, -0.05) is 72.5 Å². The second kappa shape index (κ2) is 8.34. The highest BCUT2D eigenvalue weighted by Crippen LogP contribution is 2.31. The number of nitrogens with zero attached hydrogens (tertiary/aromatic N) is 1. The van der Waals surface area contributed by atoms with E-state index >= 15 is 0 Å². The Morgan fingerprint density at radius 3 is 2.24 bits per heavy atom. The summed E-state index contributed by atoms with van der Waals surface area (Å²) in [7, 11) is 0. The van der Waals surface area contributed by atoms with Crippen molar-refractivity contribution in [3.05, 3.63) is 113 Å². The van der Waals surface area contributed by atoms with Crippen LogP contribution in [0.3, 0.4) is 0 Å². The fourth-order valence-corrected chi connectivity index (χ4v) is 3.33. The molecule has 0 aliphatic heterocycles. The highest BCUT2D eigenvalue weighted by Gasteiger charge is 2.08. The van der Waals surface area contributed by atoms with Crippen molar-refractivity contribution in [2.24, 2.45) is 0 Å². The number of phenolic OH excluding ortho intramolecular Hbond substituents is 1. The Labute approximate surface area is 170 Å². The molecule has 0 heterocycles. The molecule has 0 saturated carbocycles. The van der Waals surface area contributed by atoms with Crippen LogP contribution in [0, 0.1) is 23.2 Å². The van der Waals surface area contributed by atoms with Crippen molar-refractivity contribution in [1.29, 1.82) is 5.26 Å². The van der Waals surface area contributed by atoms with E-state index in [9.17, 15) is 5.11 Å². The van der Waals surface area contributed by atoms with Gasteiger partial charge in [0, 0.05) is 23.8 Å². The van der Waals surface area contributed by atoms with E-state index in [1.54, 1.807) is 12.1 Å². The van der Waals surface area contributed by atoms with Crippen molar-refractivity contribution in [3.63, 3.8) is 0 Å². The van der Waals surface area contributed by atoms with Crippen molar-refractivity contribution >= 4 is 10.8 Å². The highest BCUT2D eigenvalue weighted by atomic mass is 16.3. The van der Waals surface area contributed by atoms with Gasteiger partial charge in [0.25, 0.3) is 0 Å². The summed E-state index contributed by atoms with van der Waals surface area (Å²) in [6.45, 7) is 0. The van der Waals surface area contributed by atoms with E-state index < -0.39 is 0 Å². The predicted molar refractivity (Wildman–Crippen MR) is 117 cm³/mol. The van der Waals surface area contributed by atoms with Crippen LogP contribution in [0.25, 0.3) is 10.8 Å². The van der Waals surface area contributed by atoms with Gasteiger partial charge >= 0.3 is 0 Å². The number of fused-ring (bicyclic) bond motifs is 1. The van der Waals surface area contributed by atoms with Gasteiger partial charge in [-0.05, 0) is 46.3 Å². The quantitative estimate of drug-likeness (QED) is 0.475. The molecule has 29 heavy (non-hydrogen) atoms. The first-order valence-corrected chi connectivity index (χ1v) is 9.49. The number of phenols is 1. The zero-order valence-electron chi connectivity index (χ0n) is 15.9. The molecule has 0 aliphatic carbocycles. The van der Waals surface area contributed by atoms with Crippen LogP contribution in [0.1, 0.15) is 27.8 Å². The Bertz CT molecular complexity index is 1250. The molecule has 0 aromatic heterocycles. The zero-order valence-corrected chi connectivity index (χ0v) is 15.9. The van der Waals surface area contributed by atoms with Crippen molar-refractivity contribution in [1.82, 2.24) is 0 Å². The van der Waals surface area contributed by atoms with Crippen LogP contribution in [0.5, 0.6) is 5.75 Å². The largest absolute Gasteiger partial charge is 0.507 e. The van der Waals surface area contributed by atoms with E-state index in [-0.39, 0.29) is 0 Å². The zero-order chi connectivity index (χ0) is 20.1. The van der Waals surface area contributed by atoms with Crippen molar-refractivity contribution in [2.75, 3.05) is 0 Å². The molecule has 0 bridgehead atoms. The lowest BCUT2D eigenvalue weighted by Crippen LogP contribution is -1.91. The lowest BCUT2D eigenvalue weighted by molar-refractivity contribution is 0.476. The predicted octanol–water partition coefficient (Wildman–Crippen LogP) is 5.60. The molecule has 4 aromatic rings. The molecule has 0 amide bonds. The number of nitriles is 1. The molecule has 0 unspecified atom stereocenters. The van der Waals surface area contributed by atoms with Crippen LogP contribution in [-0.2, 0) is 12.8 Å². The van der Waals surface area contributed by atoms with E-state index in [0.717, 1.165) is 27.5 Å². The minimum absolute atomic E-state index is 0.290. The van der Waals surface area contributed by atoms with Gasteiger partial charge < -0.3 is 5.11 Å². The summed E-state index contributed by atoms with van der Waals surface area (Å²) in [5.74, 6) is 6.70. The molecule has 0 fully saturated rings. The Kier molecular flexibility index (Phi) is 5.28. The van der Waals surface area contributed by atoms with Gasteiger partial charge in [-0.2, -0.15) is 5.26 Å². The lowest BCUT2D eigenvalue weighted by Gasteiger charge is -2.09. The molecule has 2 nitrogen and oxygen atoms in total. The summed E-state index contributed by atoms with van der Waals surface area (Å²) in [6, 6.07) is 29.6. The van der Waals surface area contributed by atoms with Crippen molar-refractivity contribution in [3.8, 4) is 23.7 Å². The van der Waals surface area contributed by atoms with Gasteiger partial charge in [-0.3, -0.25) is 0 Å². The fraction of sp³-hybridized carbons (Fsp3) is 0.0741. The Balaban J connectivity index is 1.60. The first-order chi connectivity index (χ1) is 14.2. The Hall–Kier alpha value is -4.01. The maximum Gasteiger partial charge on any atom is 0.126 e. The molecular formula is C27H19NO. The summed E-state index contributed by atoms with van der Waals surface area (Å²) in [5, 5.41) is 21.6. The van der Waals surface area contributed by atoms with Gasteiger partial charge in [-0.15, -0.1) is 0 Å². The minimum Gasteiger partial charge on any atom is -0.507 e. The third-order valence-electron chi connectivity index (χ3n) is 4.92. The molecule has 0 saturated heterocycles. The molecule has 0 atom stereocenters. The SMILES string of the molecule is N#Cc1ccc(Cc2ccc3ccc(C#CCc4ccccc4)cc3c2O)cc1. The smallest absolute Gasteiger partial charge is 0.126 e. The van der Waals surface area contributed by atoms with Crippen LogP contribution in [0.2, 0.25) is 0 Å². The average Bonchev–Trinajstić information content (AvgIpc) is 2.77. The summed E-state index contributed by atoms with van der Waals surface area (Å²) >= 11 is 0. The second-order valence-electron chi connectivity index (χ2n) is 6.96. The summed E-state index contributed by atoms with van der Waals surface area (Å²) in [4.78, 5) is 0. The van der Waals surface area contributed by atoms with E-state index in [4.69, 9.17) is 5.26 Å². The number of rotatable bonds is 3. The standard InChI is InChI=1S/C27H19NO/c28-19-23-11-9-22(10-12-23)17-25-16-15-24-14-13-21(18-26(24)27(25)29)8-4-7-20-5-2-1-3-6-20/h1-3,5-6,9-16,18,29H,7,17H2. The first-order valence-electron chi connectivity index (χ1n) is 9.49. The average molecular weight is 373 g/mol. The third kappa shape index (κ3) is 4.29. The van der Waals surface area contributed by atoms with E-state index in [1.165, 1.54) is 5.56 Å². The van der Waals surface area contributed by atoms with Crippen LogP contribution >= 0.6 is 0 Å². The number of hydrogen-bond donors (Lipinski definition) is 1. The Morgan fingerprint density at radius 1 is 0.759 bits per heavy atom. The van der Waals surface area contributed by atoms with E-state index in [2.05, 4.69) is 30.0 Å². The second-order valence-corrected chi connectivity index (χ2v) is 6.96. The van der Waals surface area contributed by atoms with E-state index in [0.29, 0.717) is 24.2 Å². The van der Waals surface area contributed by atoms with Crippen LogP contribution in [0.4, 0.5) is 0 Å². The molecular weight excluding hydrogens is 354 g/mol. The van der Waals surface area contributed by atoms with Gasteiger partial charge in [0.05, 0.1) is 11.6 Å². The van der Waals surface area contributed by atoms with Gasteiger partial charge in [0.2, 0.25) is 0 Å². The van der Waals surface area contributed by atoms with Crippen molar-refractivity contribution < 1.29 is 5.11 Å². The lowest BCUT2D eigenvalue weighted by atomic mass is 9.98. The normalized spacial score (nSPS) is 10.2. The molecule has 2 heteroatoms. The molecule has 0 radical (unpaired) electrons. The topological polar surface area (TPSA) is 44.0 Å². The maximum atomic E-state index is 10.8. The molecule has 0 spiro atoms. The van der Waals surface area contributed by atoms with Crippen molar-refractivity contribution in [2.45, 2.75) is 12.8 Å². The molecule has 138 valence electrons. The molecule has 4 aromatic carbocycles. The monoisotopic (exact) mass is 373 g/mol. The summed E-state index contributed by atoms with van der Waals surface area (Å²) in [6.07, 6.45) is 1.31. The highest BCUT2D eigenvalue weighted by molar-refractivity contribution is 5.90. The van der Waals surface area contributed by atoms with Crippen LogP contribution < -0.4 is 0 Å². The maximum absolute atomic E-state index is 10.8. The van der Waals surface area contributed by atoms with Gasteiger partial charge in [-0.25, -0.2) is 0 Å². The fourth-order valence-electron chi connectivity index (χ4n) is 3.33. The summed E-state index contributed by atoms with van der Waals surface area (Å²) < 4.78 is 0. The molecule has 1 N–H and O–H groups in total. The van der Waals surface area contributed by atoms with Gasteiger partial charge in [0.15, 0.2) is 0 Å². The molecule has 0 aliphatic rings. The first kappa shape index (κ1) is 18.4. The van der Waals surface area contributed by atoms with Gasteiger partial charge in [0.1, 0.15) is 5.75 Å². The van der Waals surface area contributed by atoms with Crippen LogP contribution in [0.15, 0.2) is 84.9 Å². The summed E-state index contributed by atoms with van der Waals surface area (Å²) in [5.41, 5.74) is 4.62. The third-order valence-corrected chi connectivity index (χ3v) is 4.92. The number of aromatic hydroxyl groups is 1. The van der Waals surface area contributed by atoms with E-state index in [1.807, 2.05) is 60.7 Å². The van der Waals surface area contributed by atoms with Crippen LogP contribution in [-0.4, -0.2) is 5.11 Å². The minimum atomic E-state index is 0.290. The molecule has 4 rings (SSSR count).